The maximum absolute atomic E-state index is 5.32. The Bertz CT molecular complexity index is 313. The van der Waals surface area contributed by atoms with E-state index < -0.39 is 0 Å². The fourth-order valence-electron chi connectivity index (χ4n) is 1.64. The number of nitrogens with one attached hydrogen (secondary N) is 1. The van der Waals surface area contributed by atoms with E-state index >= 15 is 0 Å². The summed E-state index contributed by atoms with van der Waals surface area (Å²) >= 11 is 3.27. The van der Waals surface area contributed by atoms with Crippen LogP contribution in [0, 0.1) is 6.92 Å². The molecule has 1 N–H and O–H groups in total. The van der Waals surface area contributed by atoms with Crippen molar-refractivity contribution in [1.29, 1.82) is 0 Å². The molecule has 0 atom stereocenters. The quantitative estimate of drug-likeness (QED) is 0.644. The Hall–Kier alpha value is -0.170. The fraction of sp³-hybridized carbons (Fsp3) is 0.800. The van der Waals surface area contributed by atoms with Crippen LogP contribution in [-0.2, 0) is 4.74 Å². The van der Waals surface area contributed by atoms with Crippen LogP contribution < -0.4 is 5.32 Å². The lowest BCUT2D eigenvalue weighted by molar-refractivity contribution is 0.0786. The van der Waals surface area contributed by atoms with E-state index in [0.717, 1.165) is 48.5 Å². The van der Waals surface area contributed by atoms with Gasteiger partial charge in [-0.1, -0.05) is 11.8 Å². The molecule has 1 fully saturated rings. The van der Waals surface area contributed by atoms with E-state index in [0.29, 0.717) is 6.04 Å². The molecule has 0 bridgehead atoms. The second kappa shape index (κ2) is 6.54. The fourth-order valence-corrected chi connectivity index (χ4v) is 3.23. The van der Waals surface area contributed by atoms with Crippen molar-refractivity contribution in [2.24, 2.45) is 0 Å². The van der Waals surface area contributed by atoms with Crippen LogP contribution in [0.3, 0.4) is 0 Å². The Labute approximate surface area is 104 Å². The lowest BCUT2D eigenvalue weighted by Crippen LogP contribution is -2.35. The average Bonchev–Trinajstić information content (AvgIpc) is 2.72. The number of aryl methyl sites for hydroxylation is 1. The van der Waals surface area contributed by atoms with Crippen LogP contribution in [0.2, 0.25) is 0 Å². The zero-order valence-corrected chi connectivity index (χ0v) is 11.1. The normalized spacial score (nSPS) is 17.8. The first-order valence-corrected chi connectivity index (χ1v) is 7.35. The van der Waals surface area contributed by atoms with E-state index in [1.807, 2.05) is 6.92 Å². The molecular formula is C10H17N3OS2. The zero-order valence-electron chi connectivity index (χ0n) is 9.44. The van der Waals surface area contributed by atoms with E-state index in [2.05, 4.69) is 14.7 Å². The molecule has 0 aliphatic carbocycles. The van der Waals surface area contributed by atoms with Crippen LogP contribution in [0.25, 0.3) is 0 Å². The highest BCUT2D eigenvalue weighted by Gasteiger charge is 2.12. The Morgan fingerprint density at radius 2 is 2.31 bits per heavy atom. The van der Waals surface area contributed by atoms with E-state index in [1.54, 1.807) is 11.8 Å². The lowest BCUT2D eigenvalue weighted by Gasteiger charge is -2.22. The second-order valence-corrected chi connectivity index (χ2v) is 5.89. The molecule has 4 nitrogen and oxygen atoms in total. The van der Waals surface area contributed by atoms with Gasteiger partial charge in [0.2, 0.25) is 0 Å². The van der Waals surface area contributed by atoms with Gasteiger partial charge in [0.25, 0.3) is 0 Å². The van der Waals surface area contributed by atoms with E-state index in [9.17, 15) is 0 Å². The van der Waals surface area contributed by atoms with Crippen molar-refractivity contribution in [1.82, 2.24) is 14.7 Å². The van der Waals surface area contributed by atoms with Crippen LogP contribution in [0.1, 0.15) is 18.7 Å². The van der Waals surface area contributed by atoms with Crippen molar-refractivity contribution in [2.45, 2.75) is 30.1 Å². The number of hydrogen-bond donors (Lipinski definition) is 1. The maximum Gasteiger partial charge on any atom is 0.170 e. The van der Waals surface area contributed by atoms with E-state index in [1.165, 1.54) is 11.5 Å². The summed E-state index contributed by atoms with van der Waals surface area (Å²) in [4.78, 5) is 4.32. The van der Waals surface area contributed by atoms with Crippen molar-refractivity contribution < 1.29 is 4.74 Å². The summed E-state index contributed by atoms with van der Waals surface area (Å²) in [5.41, 5.74) is 0. The molecule has 1 aliphatic heterocycles. The number of aromatic nitrogens is 2. The van der Waals surface area contributed by atoms with Crippen LogP contribution in [0.5, 0.6) is 0 Å². The third kappa shape index (κ3) is 4.01. The molecule has 0 aromatic carbocycles. The largest absolute Gasteiger partial charge is 0.381 e. The molecule has 6 heteroatoms. The number of nitrogens with zero attached hydrogens (tertiary/aromatic N) is 2. The van der Waals surface area contributed by atoms with Gasteiger partial charge in [-0.2, -0.15) is 4.37 Å². The Balaban J connectivity index is 1.57. The van der Waals surface area contributed by atoms with Crippen LogP contribution in [-0.4, -0.2) is 40.9 Å². The minimum absolute atomic E-state index is 0.644. The zero-order chi connectivity index (χ0) is 11.2. The summed E-state index contributed by atoms with van der Waals surface area (Å²) in [5.74, 6) is 1.94. The topological polar surface area (TPSA) is 47.0 Å². The average molecular weight is 259 g/mol. The van der Waals surface area contributed by atoms with Gasteiger partial charge >= 0.3 is 0 Å². The number of thioether (sulfide) groups is 1. The van der Waals surface area contributed by atoms with Gasteiger partial charge in [-0.25, -0.2) is 4.98 Å². The van der Waals surface area contributed by atoms with Crippen molar-refractivity contribution in [3.63, 3.8) is 0 Å². The minimum Gasteiger partial charge on any atom is -0.381 e. The molecule has 0 spiro atoms. The van der Waals surface area contributed by atoms with Crippen LogP contribution in [0.15, 0.2) is 4.34 Å². The van der Waals surface area contributed by atoms with Gasteiger partial charge in [-0.3, -0.25) is 0 Å². The number of rotatable bonds is 5. The van der Waals surface area contributed by atoms with Gasteiger partial charge < -0.3 is 10.1 Å². The molecule has 1 aromatic rings. The predicted molar refractivity (Wildman–Crippen MR) is 67.2 cm³/mol. The number of ether oxygens (including phenoxy) is 1. The van der Waals surface area contributed by atoms with Crippen molar-refractivity contribution in [3.8, 4) is 0 Å². The molecule has 0 amide bonds. The molecule has 1 aliphatic rings. The Kier molecular flexibility index (Phi) is 5.02. The van der Waals surface area contributed by atoms with Gasteiger partial charge in [0.15, 0.2) is 4.34 Å². The van der Waals surface area contributed by atoms with Crippen LogP contribution in [0.4, 0.5) is 0 Å². The molecule has 1 aromatic heterocycles. The molecule has 0 saturated carbocycles. The summed E-state index contributed by atoms with van der Waals surface area (Å²) < 4.78 is 10.5. The predicted octanol–water partition coefficient (Wildman–Crippen LogP) is 1.71. The lowest BCUT2D eigenvalue weighted by atomic mass is 10.1. The first-order valence-electron chi connectivity index (χ1n) is 5.59. The summed E-state index contributed by atoms with van der Waals surface area (Å²) in [5, 5.41) is 3.55. The smallest absolute Gasteiger partial charge is 0.170 e. The summed E-state index contributed by atoms with van der Waals surface area (Å²) in [6, 6.07) is 0.644. The molecule has 90 valence electrons. The Morgan fingerprint density at radius 1 is 1.50 bits per heavy atom. The minimum atomic E-state index is 0.644. The third-order valence-electron chi connectivity index (χ3n) is 2.49. The first kappa shape index (κ1) is 12.3. The second-order valence-electron chi connectivity index (χ2n) is 3.80. The molecule has 2 rings (SSSR count). The molecule has 0 unspecified atom stereocenters. The summed E-state index contributed by atoms with van der Waals surface area (Å²) in [6.45, 7) is 4.77. The van der Waals surface area contributed by atoms with Gasteiger partial charge in [0.05, 0.1) is 0 Å². The van der Waals surface area contributed by atoms with E-state index in [4.69, 9.17) is 4.74 Å². The summed E-state index contributed by atoms with van der Waals surface area (Å²) in [6.07, 6.45) is 2.28. The highest BCUT2D eigenvalue weighted by molar-refractivity contribution is 8.00. The SMILES string of the molecule is Cc1nsc(SCCNC2CCOCC2)n1. The van der Waals surface area contributed by atoms with Crippen LogP contribution >= 0.6 is 23.3 Å². The van der Waals surface area contributed by atoms with Gasteiger partial charge in [-0.15, -0.1) is 0 Å². The summed E-state index contributed by atoms with van der Waals surface area (Å²) in [7, 11) is 0. The monoisotopic (exact) mass is 259 g/mol. The van der Waals surface area contributed by atoms with Crippen molar-refractivity contribution in [3.05, 3.63) is 5.82 Å². The molecule has 1 saturated heterocycles. The first-order chi connectivity index (χ1) is 7.84. The maximum atomic E-state index is 5.32. The standard InChI is InChI=1S/C10H17N3OS2/c1-8-12-10(16-13-8)15-7-4-11-9-2-5-14-6-3-9/h9,11H,2-7H2,1H3. The highest BCUT2D eigenvalue weighted by Crippen LogP contribution is 2.19. The highest BCUT2D eigenvalue weighted by atomic mass is 32.2. The molecular weight excluding hydrogens is 242 g/mol. The molecule has 16 heavy (non-hydrogen) atoms. The molecule has 0 radical (unpaired) electrons. The van der Waals surface area contributed by atoms with E-state index in [-0.39, 0.29) is 0 Å². The molecule has 2 heterocycles. The van der Waals surface area contributed by atoms with Gasteiger partial charge in [0, 0.05) is 31.6 Å². The number of hydrogen-bond acceptors (Lipinski definition) is 6. The van der Waals surface area contributed by atoms with Gasteiger partial charge in [-0.05, 0) is 31.3 Å². The van der Waals surface area contributed by atoms with Crippen molar-refractivity contribution in [2.75, 3.05) is 25.5 Å². The Morgan fingerprint density at radius 3 is 3.00 bits per heavy atom. The van der Waals surface area contributed by atoms with Gasteiger partial charge in [0.1, 0.15) is 5.82 Å². The van der Waals surface area contributed by atoms with Crippen molar-refractivity contribution >= 4 is 23.3 Å². The third-order valence-corrected chi connectivity index (χ3v) is 4.42.